The third-order valence-corrected chi connectivity index (χ3v) is 2.63. The Morgan fingerprint density at radius 1 is 0.950 bits per heavy atom. The van der Waals surface area contributed by atoms with E-state index in [1.54, 1.807) is 18.2 Å². The van der Waals surface area contributed by atoms with Crippen molar-refractivity contribution in [3.63, 3.8) is 0 Å². The van der Waals surface area contributed by atoms with Crippen LogP contribution < -0.4 is 5.32 Å². The van der Waals surface area contributed by atoms with Gasteiger partial charge in [-0.15, -0.1) is 0 Å². The normalized spacial score (nSPS) is 9.85. The van der Waals surface area contributed by atoms with Crippen LogP contribution in [0.5, 0.6) is 0 Å². The summed E-state index contributed by atoms with van der Waals surface area (Å²) >= 11 is 0. The van der Waals surface area contributed by atoms with Crippen molar-refractivity contribution in [3.8, 4) is 0 Å². The second-order valence-electron chi connectivity index (χ2n) is 4.12. The van der Waals surface area contributed by atoms with E-state index in [-0.39, 0.29) is 17.0 Å². The zero-order valence-corrected chi connectivity index (χ0v) is 10.8. The quantitative estimate of drug-likeness (QED) is 0.680. The molecule has 2 rings (SSSR count). The predicted octanol–water partition coefficient (Wildman–Crippen LogP) is 2.11. The summed E-state index contributed by atoms with van der Waals surface area (Å²) in [7, 11) is 0. The molecular formula is C15H12N2O3. The molecule has 0 saturated carbocycles. The number of hydrogen-bond donors (Lipinski definition) is 1. The Morgan fingerprint density at radius 3 is 2.25 bits per heavy atom. The van der Waals surface area contributed by atoms with E-state index in [1.807, 2.05) is 0 Å². The average Bonchev–Trinajstić information content (AvgIpc) is 2.46. The lowest BCUT2D eigenvalue weighted by atomic mass is 10.0. The fraction of sp³-hybridized carbons (Fsp3) is 0.0667. The van der Waals surface area contributed by atoms with E-state index in [9.17, 15) is 14.4 Å². The molecule has 5 heteroatoms. The van der Waals surface area contributed by atoms with E-state index < -0.39 is 11.6 Å². The summed E-state index contributed by atoms with van der Waals surface area (Å²) in [5.41, 5.74) is 0.763. The minimum Gasteiger partial charge on any atom is -0.326 e. The zero-order valence-electron chi connectivity index (χ0n) is 10.8. The number of carbonyl (C=O) groups excluding carboxylic acids is 3. The number of aromatic nitrogens is 1. The van der Waals surface area contributed by atoms with Crippen LogP contribution in [0.2, 0.25) is 0 Å². The molecule has 0 aliphatic rings. The molecule has 1 amide bonds. The molecule has 1 heterocycles. The summed E-state index contributed by atoms with van der Waals surface area (Å²) in [6, 6.07) is 9.35. The van der Waals surface area contributed by atoms with Crippen LogP contribution in [0.4, 0.5) is 5.69 Å². The highest BCUT2D eigenvalue weighted by Gasteiger charge is 2.21. The molecule has 0 atom stereocenters. The molecular weight excluding hydrogens is 256 g/mol. The number of Topliss-reactive ketones (excluding diaryl/α,β-unsaturated/α-hetero) is 2. The first-order chi connectivity index (χ1) is 9.59. The van der Waals surface area contributed by atoms with Gasteiger partial charge in [0.15, 0.2) is 0 Å². The molecule has 0 saturated heterocycles. The van der Waals surface area contributed by atoms with Gasteiger partial charge in [0.25, 0.3) is 0 Å². The summed E-state index contributed by atoms with van der Waals surface area (Å²) in [6.45, 7) is 1.34. The van der Waals surface area contributed by atoms with Gasteiger partial charge < -0.3 is 5.32 Å². The Balaban J connectivity index is 2.34. The minimum absolute atomic E-state index is 0.171. The molecule has 5 nitrogen and oxygen atoms in total. The highest BCUT2D eigenvalue weighted by atomic mass is 16.2. The van der Waals surface area contributed by atoms with Gasteiger partial charge in [-0.2, -0.15) is 0 Å². The number of ketones is 2. The monoisotopic (exact) mass is 268 g/mol. The number of para-hydroxylation sites is 1. The molecule has 0 radical (unpaired) electrons. The number of nitrogens with one attached hydrogen (secondary N) is 1. The van der Waals surface area contributed by atoms with E-state index in [1.165, 1.54) is 37.5 Å². The Hall–Kier alpha value is -2.82. The molecule has 1 aromatic heterocycles. The van der Waals surface area contributed by atoms with E-state index >= 15 is 0 Å². The Labute approximate surface area is 115 Å². The Kier molecular flexibility index (Phi) is 4.00. The number of benzene rings is 1. The van der Waals surface area contributed by atoms with Crippen molar-refractivity contribution in [3.05, 3.63) is 59.9 Å². The minimum atomic E-state index is -0.666. The van der Waals surface area contributed by atoms with Gasteiger partial charge in [-0.05, 0) is 24.3 Å². The Bertz CT molecular complexity index is 666. The number of rotatable bonds is 4. The van der Waals surface area contributed by atoms with Crippen LogP contribution in [0.15, 0.2) is 48.8 Å². The van der Waals surface area contributed by atoms with E-state index in [2.05, 4.69) is 10.3 Å². The van der Waals surface area contributed by atoms with Gasteiger partial charge in [0.1, 0.15) is 0 Å². The molecule has 0 aliphatic heterocycles. The summed E-state index contributed by atoms with van der Waals surface area (Å²) in [5, 5.41) is 2.54. The molecule has 1 N–H and O–H groups in total. The van der Waals surface area contributed by atoms with Crippen molar-refractivity contribution in [2.45, 2.75) is 6.92 Å². The van der Waals surface area contributed by atoms with Crippen molar-refractivity contribution in [1.82, 2.24) is 4.98 Å². The molecule has 0 aliphatic carbocycles. The fourth-order valence-electron chi connectivity index (χ4n) is 1.74. The van der Waals surface area contributed by atoms with Crippen molar-refractivity contribution < 1.29 is 14.4 Å². The van der Waals surface area contributed by atoms with Crippen LogP contribution in [0.3, 0.4) is 0 Å². The number of pyridine rings is 1. The summed E-state index contributed by atoms with van der Waals surface area (Å²) in [4.78, 5) is 39.2. The van der Waals surface area contributed by atoms with Gasteiger partial charge in [-0.25, -0.2) is 0 Å². The van der Waals surface area contributed by atoms with Crippen LogP contribution >= 0.6 is 0 Å². The van der Waals surface area contributed by atoms with Gasteiger partial charge >= 0.3 is 0 Å². The molecule has 2 aromatic rings. The number of anilines is 1. The van der Waals surface area contributed by atoms with Crippen molar-refractivity contribution in [1.29, 1.82) is 0 Å². The molecule has 0 spiro atoms. The smallest absolute Gasteiger partial charge is 0.235 e. The lowest BCUT2D eigenvalue weighted by molar-refractivity contribution is -0.114. The number of carbonyl (C=O) groups is 3. The van der Waals surface area contributed by atoms with Gasteiger partial charge in [0.05, 0.1) is 5.69 Å². The van der Waals surface area contributed by atoms with E-state index in [4.69, 9.17) is 0 Å². The maximum atomic E-state index is 12.2. The van der Waals surface area contributed by atoms with Gasteiger partial charge in [-0.1, -0.05) is 12.1 Å². The van der Waals surface area contributed by atoms with Crippen LogP contribution in [-0.4, -0.2) is 22.5 Å². The number of nitrogens with zero attached hydrogens (tertiary/aromatic N) is 1. The average molecular weight is 268 g/mol. The lowest BCUT2D eigenvalue weighted by Gasteiger charge is -2.08. The van der Waals surface area contributed by atoms with Crippen LogP contribution in [0.25, 0.3) is 0 Å². The highest BCUT2D eigenvalue weighted by molar-refractivity contribution is 6.50. The first kappa shape index (κ1) is 13.6. The molecule has 0 fully saturated rings. The molecule has 0 bridgehead atoms. The molecule has 0 unspecified atom stereocenters. The van der Waals surface area contributed by atoms with Gasteiger partial charge in [-0.3, -0.25) is 19.4 Å². The van der Waals surface area contributed by atoms with Crippen LogP contribution in [0.1, 0.15) is 27.6 Å². The van der Waals surface area contributed by atoms with Crippen molar-refractivity contribution in [2.24, 2.45) is 0 Å². The summed E-state index contributed by atoms with van der Waals surface area (Å²) in [5.74, 6) is -1.60. The molecule has 20 heavy (non-hydrogen) atoms. The van der Waals surface area contributed by atoms with Crippen LogP contribution in [0, 0.1) is 0 Å². The predicted molar refractivity (Wildman–Crippen MR) is 73.6 cm³/mol. The largest absolute Gasteiger partial charge is 0.326 e. The number of hydrogen-bond acceptors (Lipinski definition) is 4. The summed E-state index contributed by atoms with van der Waals surface area (Å²) < 4.78 is 0. The second-order valence-corrected chi connectivity index (χ2v) is 4.12. The number of amides is 1. The van der Waals surface area contributed by atoms with Crippen molar-refractivity contribution >= 4 is 23.2 Å². The Morgan fingerprint density at radius 2 is 1.60 bits per heavy atom. The standard InChI is InChI=1S/C15H12N2O3/c1-10(18)17-13-5-3-2-4-12(13)15(20)14(19)11-6-8-16-9-7-11/h2-9H,1H3,(H,17,18). The summed E-state index contributed by atoms with van der Waals surface area (Å²) in [6.07, 6.45) is 2.89. The maximum Gasteiger partial charge on any atom is 0.235 e. The fourth-order valence-corrected chi connectivity index (χ4v) is 1.74. The topological polar surface area (TPSA) is 76.1 Å². The maximum absolute atomic E-state index is 12.2. The third-order valence-electron chi connectivity index (χ3n) is 2.63. The highest BCUT2D eigenvalue weighted by Crippen LogP contribution is 2.17. The van der Waals surface area contributed by atoms with E-state index in [0.717, 1.165) is 0 Å². The lowest BCUT2D eigenvalue weighted by Crippen LogP contribution is -2.18. The van der Waals surface area contributed by atoms with E-state index in [0.29, 0.717) is 5.69 Å². The first-order valence-corrected chi connectivity index (χ1v) is 5.95. The SMILES string of the molecule is CC(=O)Nc1ccccc1C(=O)C(=O)c1ccncc1. The first-order valence-electron chi connectivity index (χ1n) is 5.95. The second kappa shape index (κ2) is 5.88. The van der Waals surface area contributed by atoms with Crippen molar-refractivity contribution in [2.75, 3.05) is 5.32 Å². The van der Waals surface area contributed by atoms with Crippen LogP contribution in [-0.2, 0) is 4.79 Å². The molecule has 100 valence electrons. The zero-order chi connectivity index (χ0) is 14.5. The van der Waals surface area contributed by atoms with Gasteiger partial charge in [0, 0.05) is 30.4 Å². The van der Waals surface area contributed by atoms with Gasteiger partial charge in [0.2, 0.25) is 17.5 Å². The molecule has 1 aromatic carbocycles. The third kappa shape index (κ3) is 2.95.